The minimum absolute atomic E-state index is 0.883. The summed E-state index contributed by atoms with van der Waals surface area (Å²) >= 11 is 0. The zero-order valence-corrected chi connectivity index (χ0v) is 11.5. The molecule has 3 heteroatoms. The van der Waals surface area contributed by atoms with E-state index in [1.54, 1.807) is 0 Å². The summed E-state index contributed by atoms with van der Waals surface area (Å²) in [5, 5.41) is 5.90. The molecular formula is C16H19N3. The van der Waals surface area contributed by atoms with Gasteiger partial charge in [0, 0.05) is 18.3 Å². The number of rotatable bonds is 4. The highest BCUT2D eigenvalue weighted by Crippen LogP contribution is 2.17. The van der Waals surface area contributed by atoms with Crippen LogP contribution < -0.4 is 0 Å². The van der Waals surface area contributed by atoms with Gasteiger partial charge in [-0.2, -0.15) is 5.10 Å². The molecule has 0 radical (unpaired) electrons. The molecule has 19 heavy (non-hydrogen) atoms. The Morgan fingerprint density at radius 2 is 1.95 bits per heavy atom. The van der Waals surface area contributed by atoms with E-state index < -0.39 is 0 Å². The van der Waals surface area contributed by atoms with Gasteiger partial charge >= 0.3 is 0 Å². The van der Waals surface area contributed by atoms with Crippen molar-refractivity contribution in [2.75, 3.05) is 0 Å². The van der Waals surface area contributed by atoms with Gasteiger partial charge in [-0.1, -0.05) is 25.1 Å². The van der Waals surface area contributed by atoms with Crippen molar-refractivity contribution in [2.45, 2.75) is 33.4 Å². The smallest absolute Gasteiger partial charge is 0.0645 e. The van der Waals surface area contributed by atoms with E-state index in [1.807, 2.05) is 0 Å². The number of benzene rings is 1. The van der Waals surface area contributed by atoms with Crippen molar-refractivity contribution in [1.82, 2.24) is 14.3 Å². The summed E-state index contributed by atoms with van der Waals surface area (Å²) in [6.45, 7) is 6.10. The fourth-order valence-electron chi connectivity index (χ4n) is 2.54. The molecule has 3 rings (SSSR count). The highest BCUT2D eigenvalue weighted by molar-refractivity contribution is 5.79. The third-order valence-corrected chi connectivity index (χ3v) is 3.59. The average molecular weight is 253 g/mol. The summed E-state index contributed by atoms with van der Waals surface area (Å²) in [7, 11) is 0. The van der Waals surface area contributed by atoms with Crippen molar-refractivity contribution < 1.29 is 0 Å². The molecule has 0 spiro atoms. The normalized spacial score (nSPS) is 11.3. The standard InChI is InChI=1S/C16H19N3/c1-3-14-11-15(19(4-2)17-14)12-18-10-9-13-7-5-6-8-16(13)18/h5-11H,3-4,12H2,1-2H3. The van der Waals surface area contributed by atoms with E-state index in [-0.39, 0.29) is 0 Å². The van der Waals surface area contributed by atoms with E-state index in [2.05, 4.69) is 70.8 Å². The number of nitrogens with zero attached hydrogens (tertiary/aromatic N) is 3. The lowest BCUT2D eigenvalue weighted by atomic mass is 10.2. The van der Waals surface area contributed by atoms with Gasteiger partial charge in [-0.05, 0) is 36.9 Å². The van der Waals surface area contributed by atoms with Crippen LogP contribution in [0, 0.1) is 0 Å². The van der Waals surface area contributed by atoms with Crippen LogP contribution in [0.2, 0.25) is 0 Å². The molecule has 0 N–H and O–H groups in total. The molecule has 0 bridgehead atoms. The fraction of sp³-hybridized carbons (Fsp3) is 0.312. The van der Waals surface area contributed by atoms with Gasteiger partial charge in [0.2, 0.25) is 0 Å². The van der Waals surface area contributed by atoms with Crippen molar-refractivity contribution in [3.8, 4) is 0 Å². The number of para-hydroxylation sites is 1. The summed E-state index contributed by atoms with van der Waals surface area (Å²) in [5.41, 5.74) is 3.73. The Bertz CT molecular complexity index is 691. The molecule has 0 amide bonds. The van der Waals surface area contributed by atoms with Crippen LogP contribution in [0.1, 0.15) is 25.2 Å². The van der Waals surface area contributed by atoms with Crippen LogP contribution in [-0.2, 0) is 19.5 Å². The second-order valence-electron chi connectivity index (χ2n) is 4.80. The predicted molar refractivity (Wildman–Crippen MR) is 78.3 cm³/mol. The number of aromatic nitrogens is 3. The maximum absolute atomic E-state index is 4.61. The molecule has 0 unspecified atom stereocenters. The molecule has 1 aromatic carbocycles. The van der Waals surface area contributed by atoms with Crippen LogP contribution in [0.25, 0.3) is 10.9 Å². The molecule has 0 saturated carbocycles. The molecule has 0 aliphatic heterocycles. The number of aryl methyl sites for hydroxylation is 2. The van der Waals surface area contributed by atoms with E-state index in [1.165, 1.54) is 22.3 Å². The maximum Gasteiger partial charge on any atom is 0.0645 e. The predicted octanol–water partition coefficient (Wildman–Crippen LogP) is 3.47. The zero-order valence-electron chi connectivity index (χ0n) is 11.5. The number of hydrogen-bond donors (Lipinski definition) is 0. The van der Waals surface area contributed by atoms with E-state index >= 15 is 0 Å². The van der Waals surface area contributed by atoms with Crippen molar-refractivity contribution in [3.05, 3.63) is 54.0 Å². The highest BCUT2D eigenvalue weighted by atomic mass is 15.3. The lowest BCUT2D eigenvalue weighted by molar-refractivity contribution is 0.599. The van der Waals surface area contributed by atoms with Crippen LogP contribution in [-0.4, -0.2) is 14.3 Å². The van der Waals surface area contributed by atoms with E-state index in [0.717, 1.165) is 19.5 Å². The Morgan fingerprint density at radius 3 is 2.74 bits per heavy atom. The molecule has 0 aliphatic rings. The topological polar surface area (TPSA) is 22.8 Å². The Kier molecular flexibility index (Phi) is 3.11. The summed E-state index contributed by atoms with van der Waals surface area (Å²) in [4.78, 5) is 0. The third kappa shape index (κ3) is 2.16. The highest BCUT2D eigenvalue weighted by Gasteiger charge is 2.07. The quantitative estimate of drug-likeness (QED) is 0.698. The summed E-state index contributed by atoms with van der Waals surface area (Å²) in [6, 6.07) is 12.9. The monoisotopic (exact) mass is 253 g/mol. The van der Waals surface area contributed by atoms with Crippen LogP contribution in [0.15, 0.2) is 42.6 Å². The van der Waals surface area contributed by atoms with Gasteiger partial charge < -0.3 is 4.57 Å². The van der Waals surface area contributed by atoms with Gasteiger partial charge in [-0.3, -0.25) is 4.68 Å². The number of hydrogen-bond acceptors (Lipinski definition) is 1. The average Bonchev–Trinajstić information content (AvgIpc) is 3.04. The summed E-state index contributed by atoms with van der Waals surface area (Å²) < 4.78 is 4.39. The molecule has 3 aromatic rings. The van der Waals surface area contributed by atoms with Gasteiger partial charge in [-0.15, -0.1) is 0 Å². The molecule has 0 atom stereocenters. The van der Waals surface area contributed by atoms with E-state index in [9.17, 15) is 0 Å². The molecule has 3 nitrogen and oxygen atoms in total. The van der Waals surface area contributed by atoms with Gasteiger partial charge in [0.15, 0.2) is 0 Å². The van der Waals surface area contributed by atoms with Gasteiger partial charge in [0.05, 0.1) is 17.9 Å². The first-order valence-corrected chi connectivity index (χ1v) is 6.91. The van der Waals surface area contributed by atoms with Crippen molar-refractivity contribution in [3.63, 3.8) is 0 Å². The Morgan fingerprint density at radius 1 is 1.11 bits per heavy atom. The van der Waals surface area contributed by atoms with Crippen molar-refractivity contribution in [2.24, 2.45) is 0 Å². The zero-order chi connectivity index (χ0) is 13.2. The second kappa shape index (κ2) is 4.92. The maximum atomic E-state index is 4.61. The lowest BCUT2D eigenvalue weighted by Gasteiger charge is -2.07. The second-order valence-corrected chi connectivity index (χ2v) is 4.80. The fourth-order valence-corrected chi connectivity index (χ4v) is 2.54. The third-order valence-electron chi connectivity index (χ3n) is 3.59. The minimum atomic E-state index is 0.883. The Balaban J connectivity index is 1.98. The molecule has 98 valence electrons. The first-order chi connectivity index (χ1) is 9.31. The van der Waals surface area contributed by atoms with E-state index in [0.29, 0.717) is 0 Å². The van der Waals surface area contributed by atoms with Crippen molar-refractivity contribution >= 4 is 10.9 Å². The number of fused-ring (bicyclic) bond motifs is 1. The Labute approximate surface area is 113 Å². The molecular weight excluding hydrogens is 234 g/mol. The molecule has 2 aromatic heterocycles. The molecule has 0 aliphatic carbocycles. The largest absolute Gasteiger partial charge is 0.341 e. The lowest BCUT2D eigenvalue weighted by Crippen LogP contribution is -2.07. The molecule has 0 fully saturated rings. The molecule has 0 saturated heterocycles. The minimum Gasteiger partial charge on any atom is -0.341 e. The van der Waals surface area contributed by atoms with Gasteiger partial charge in [0.1, 0.15) is 0 Å². The van der Waals surface area contributed by atoms with Gasteiger partial charge in [-0.25, -0.2) is 0 Å². The summed E-state index contributed by atoms with van der Waals surface area (Å²) in [6.07, 6.45) is 3.15. The SMILES string of the molecule is CCc1cc(Cn2ccc3ccccc32)n(CC)n1. The van der Waals surface area contributed by atoms with Crippen LogP contribution in [0.5, 0.6) is 0 Å². The van der Waals surface area contributed by atoms with Crippen LogP contribution in [0.4, 0.5) is 0 Å². The van der Waals surface area contributed by atoms with Crippen LogP contribution >= 0.6 is 0 Å². The van der Waals surface area contributed by atoms with E-state index in [4.69, 9.17) is 0 Å². The molecule has 2 heterocycles. The first-order valence-electron chi connectivity index (χ1n) is 6.91. The van der Waals surface area contributed by atoms with Gasteiger partial charge in [0.25, 0.3) is 0 Å². The van der Waals surface area contributed by atoms with Crippen molar-refractivity contribution in [1.29, 1.82) is 0 Å². The summed E-state index contributed by atoms with van der Waals surface area (Å²) in [5.74, 6) is 0. The first kappa shape index (κ1) is 12.0. The van der Waals surface area contributed by atoms with Crippen LogP contribution in [0.3, 0.4) is 0 Å². The Hall–Kier alpha value is -2.03.